The van der Waals surface area contributed by atoms with Gasteiger partial charge in [0.15, 0.2) is 0 Å². The highest BCUT2D eigenvalue weighted by Gasteiger charge is 2.44. The molecule has 0 bridgehead atoms. The number of hydrogen-bond donors (Lipinski definition) is 19. The van der Waals surface area contributed by atoms with Crippen molar-refractivity contribution < 1.29 is 108 Å². The molecule has 1 aromatic rings. The van der Waals surface area contributed by atoms with Gasteiger partial charge in [0.25, 0.3) is 0 Å². The second-order valence-corrected chi connectivity index (χ2v) is 23.7. The van der Waals surface area contributed by atoms with Crippen LogP contribution in [0.1, 0.15) is 105 Å². The molecule has 2 fully saturated rings. The molecule has 36 heteroatoms. The maximum atomic E-state index is 14.1. The average Bonchev–Trinajstić information content (AvgIpc) is 1.83. The zero-order valence-electron chi connectivity index (χ0n) is 52.5. The number of primary amides is 2. The normalized spacial score (nSPS) is 18.8. The van der Waals surface area contributed by atoms with Gasteiger partial charge in [0.1, 0.15) is 72.2 Å². The molecule has 3 rings (SSSR count). The van der Waals surface area contributed by atoms with E-state index in [1.165, 1.54) is 45.0 Å². The largest absolute Gasteiger partial charge is 0.508 e. The summed E-state index contributed by atoms with van der Waals surface area (Å²) in [5, 5.41) is 92.3. The number of carbonyl (C=O) groups is 15. The van der Waals surface area contributed by atoms with Crippen LogP contribution in [0.2, 0.25) is 0 Å². The highest BCUT2D eigenvalue weighted by molar-refractivity contribution is 6.01. The summed E-state index contributed by atoms with van der Waals surface area (Å²) in [6.07, 6.45) is -7.96. The number of aliphatic hydroxyl groups is 4. The Kier molecular flexibility index (Phi) is 30.4. The molecule has 0 unspecified atom stereocenters. The molecule has 13 amide bonds. The summed E-state index contributed by atoms with van der Waals surface area (Å²) < 4.78 is 0. The number of nitrogens with zero attached hydrogens (tertiary/aromatic N) is 2. The molecular formula is C57H88N14O22. The molecule has 0 aromatic heterocycles. The quantitative estimate of drug-likeness (QED) is 0.0297. The van der Waals surface area contributed by atoms with Crippen molar-refractivity contribution in [2.24, 2.45) is 29.0 Å². The number of likely N-dealkylation sites (tertiary alicyclic amines) is 2. The summed E-state index contributed by atoms with van der Waals surface area (Å²) in [6.45, 7) is 8.42. The number of aliphatic hydroxyl groups excluding tert-OH is 4. The zero-order valence-corrected chi connectivity index (χ0v) is 52.5. The fourth-order valence-electron chi connectivity index (χ4n) is 10.1. The number of rotatable bonds is 36. The van der Waals surface area contributed by atoms with Crippen molar-refractivity contribution in [2.45, 2.75) is 197 Å². The molecule has 518 valence electrons. The molecule has 0 saturated carbocycles. The number of hydrogen-bond acceptors (Lipinski definition) is 21. The van der Waals surface area contributed by atoms with E-state index in [0.29, 0.717) is 12.0 Å². The van der Waals surface area contributed by atoms with Gasteiger partial charge in [0, 0.05) is 19.5 Å². The Morgan fingerprint density at radius 1 is 0.495 bits per heavy atom. The van der Waals surface area contributed by atoms with Crippen LogP contribution in [0.4, 0.5) is 0 Å². The van der Waals surface area contributed by atoms with Crippen LogP contribution in [0.3, 0.4) is 0 Å². The van der Waals surface area contributed by atoms with E-state index in [0.717, 1.165) is 23.6 Å². The Bertz CT molecular complexity index is 2890. The number of aliphatic carboxylic acids is 2. The number of phenolic OH excluding ortho intramolecular Hbond substituents is 1. The summed E-state index contributed by atoms with van der Waals surface area (Å²) in [4.78, 5) is 201. The van der Waals surface area contributed by atoms with Gasteiger partial charge in [-0.15, -0.1) is 0 Å². The molecule has 0 spiro atoms. The molecule has 93 heavy (non-hydrogen) atoms. The maximum absolute atomic E-state index is 14.1. The molecule has 36 nitrogen and oxygen atoms in total. The Morgan fingerprint density at radius 3 is 1.39 bits per heavy atom. The third-order valence-corrected chi connectivity index (χ3v) is 15.0. The number of carbonyl (C=O) groups excluding carboxylic acids is 13. The lowest BCUT2D eigenvalue weighted by Gasteiger charge is -2.32. The second-order valence-electron chi connectivity index (χ2n) is 23.7. The number of nitrogens with one attached hydrogen (secondary N) is 9. The Morgan fingerprint density at radius 2 is 0.914 bits per heavy atom. The van der Waals surface area contributed by atoms with Crippen molar-refractivity contribution in [3.63, 3.8) is 0 Å². The van der Waals surface area contributed by atoms with Gasteiger partial charge in [-0.25, -0.2) is 4.79 Å². The average molecular weight is 1320 g/mol. The lowest BCUT2D eigenvalue weighted by Crippen LogP contribution is -2.63. The summed E-state index contributed by atoms with van der Waals surface area (Å²) >= 11 is 0. The molecule has 2 aliphatic heterocycles. The summed E-state index contributed by atoms with van der Waals surface area (Å²) in [5.41, 5.74) is 16.6. The molecule has 2 heterocycles. The fraction of sp³-hybridized carbons (Fsp3) is 0.632. The Balaban J connectivity index is 1.83. The number of phenols is 1. The lowest BCUT2D eigenvalue weighted by molar-refractivity contribution is -0.151. The van der Waals surface area contributed by atoms with Crippen LogP contribution >= 0.6 is 0 Å². The number of carboxylic acid groups (broad SMARTS) is 2. The Hall–Kier alpha value is -9.13. The minimum atomic E-state index is -2.21. The maximum Gasteiger partial charge on any atom is 0.326 e. The van der Waals surface area contributed by atoms with Crippen LogP contribution in [0.5, 0.6) is 5.75 Å². The van der Waals surface area contributed by atoms with Crippen molar-refractivity contribution >= 4 is 88.7 Å². The molecule has 2 aliphatic rings. The number of benzene rings is 1. The molecule has 0 radical (unpaired) electrons. The molecule has 15 atom stereocenters. The van der Waals surface area contributed by atoms with Crippen molar-refractivity contribution in [3.8, 4) is 5.75 Å². The number of carboxylic acids is 2. The van der Waals surface area contributed by atoms with Gasteiger partial charge < -0.3 is 111 Å². The smallest absolute Gasteiger partial charge is 0.326 e. The van der Waals surface area contributed by atoms with Gasteiger partial charge in [-0.05, 0) is 82.4 Å². The zero-order chi connectivity index (χ0) is 70.5. The SMILES string of the molecule is CC(C)C[C@H](NC(=O)[C@@H](NC(=O)[C@H](CC(N)=O)NC(=O)[C@H](CC(=O)O)NC(=O)[C@@H](NC(=O)[C@H](Cc1ccc(O)cc1)NC(=O)[C@@H](NC(=O)[C@@H](N)CC(N)=O)C(C)C)[C@@H](C)O)[C@@H](C)O)C(=O)N[C@@H](CO)C(=O)N1CCC[C@H]1C(=O)N[C@H](C(=O)N1CCC[C@H]1C(=O)O)[C@@H](C)O. The minimum absolute atomic E-state index is 0.0305. The predicted molar refractivity (Wildman–Crippen MR) is 321 cm³/mol. The van der Waals surface area contributed by atoms with Crippen molar-refractivity contribution in [1.29, 1.82) is 0 Å². The monoisotopic (exact) mass is 1320 g/mol. The molecule has 2 saturated heterocycles. The van der Waals surface area contributed by atoms with Gasteiger partial charge in [-0.1, -0.05) is 39.8 Å². The van der Waals surface area contributed by atoms with Crippen LogP contribution < -0.4 is 65.1 Å². The number of nitrogens with two attached hydrogens (primary N) is 3. The first kappa shape index (κ1) is 78.1. The molecular weight excluding hydrogens is 1230 g/mol. The van der Waals surface area contributed by atoms with Gasteiger partial charge in [-0.2, -0.15) is 0 Å². The summed E-state index contributed by atoms with van der Waals surface area (Å²) in [7, 11) is 0. The van der Waals surface area contributed by atoms with Gasteiger partial charge in [-0.3, -0.25) is 67.1 Å². The Labute approximate surface area is 534 Å². The van der Waals surface area contributed by atoms with Gasteiger partial charge in [0.05, 0.1) is 50.2 Å². The first-order valence-electron chi connectivity index (χ1n) is 29.9. The topological polar surface area (TPSA) is 590 Å². The van der Waals surface area contributed by atoms with Crippen LogP contribution in [0, 0.1) is 11.8 Å². The molecule has 1 aromatic carbocycles. The fourth-order valence-corrected chi connectivity index (χ4v) is 10.1. The second kappa shape index (κ2) is 36.2. The van der Waals surface area contributed by atoms with E-state index in [9.17, 15) is 108 Å². The summed E-state index contributed by atoms with van der Waals surface area (Å²) in [6, 6.07) is -15.2. The highest BCUT2D eigenvalue weighted by atomic mass is 16.4. The minimum Gasteiger partial charge on any atom is -0.508 e. The van der Waals surface area contributed by atoms with E-state index < -0.39 is 217 Å². The van der Waals surface area contributed by atoms with Crippen LogP contribution in [-0.2, 0) is 78.3 Å². The lowest BCUT2D eigenvalue weighted by atomic mass is 10.00. The third kappa shape index (κ3) is 23.8. The van der Waals surface area contributed by atoms with Crippen LogP contribution in [0.25, 0.3) is 0 Å². The van der Waals surface area contributed by atoms with E-state index in [2.05, 4.69) is 37.2 Å². The van der Waals surface area contributed by atoms with Crippen LogP contribution in [-0.4, -0.2) is 245 Å². The van der Waals surface area contributed by atoms with Crippen molar-refractivity contribution in [3.05, 3.63) is 29.8 Å². The predicted octanol–water partition coefficient (Wildman–Crippen LogP) is -8.25. The van der Waals surface area contributed by atoms with Gasteiger partial charge >= 0.3 is 11.9 Å². The molecule has 22 N–H and O–H groups in total. The van der Waals surface area contributed by atoms with E-state index in [4.69, 9.17) is 17.2 Å². The van der Waals surface area contributed by atoms with E-state index in [1.54, 1.807) is 13.8 Å². The summed E-state index contributed by atoms with van der Waals surface area (Å²) in [5.74, 6) is -19.1. The first-order valence-corrected chi connectivity index (χ1v) is 29.9. The number of aromatic hydroxyl groups is 1. The third-order valence-electron chi connectivity index (χ3n) is 15.0. The van der Waals surface area contributed by atoms with Crippen molar-refractivity contribution in [2.75, 3.05) is 19.7 Å². The van der Waals surface area contributed by atoms with Crippen LogP contribution in [0.15, 0.2) is 24.3 Å². The van der Waals surface area contributed by atoms with Crippen molar-refractivity contribution in [1.82, 2.24) is 57.7 Å². The first-order chi connectivity index (χ1) is 43.4. The van der Waals surface area contributed by atoms with Gasteiger partial charge in [0.2, 0.25) is 76.8 Å². The molecule has 0 aliphatic carbocycles. The van der Waals surface area contributed by atoms with E-state index in [-0.39, 0.29) is 50.9 Å². The standard InChI is InChI=1S/C57H88N14O22/c1-24(2)18-32(47(82)65-36(23-72)55(90)70-16-8-10-37(70)51(86)69-45(28(7)75)56(91)71-17-9-11-38(71)57(92)93)62-53(88)43(26(5)73)68-50(85)34(21-40(60)78)61-48(83)35(22-41(79)80)64-54(89)44(27(6)74)67-49(84)33(19-29-12-14-30(76)15-13-29)63-52(87)42(25(3)4)66-46(81)31(58)20-39(59)77/h12-15,24-28,31-38,42-45,72-76H,8-11,16-23,58H2,1-7H3,(H2,59,77)(H2,60,78)(H,61,83)(H,62,88)(H,63,87)(H,64,89)(H,65,82)(H,66,81)(H,67,84)(H,68,85)(H,69,86)(H,79,80)(H,92,93)/t26-,27-,28-,31+,32+,33+,34+,35+,36+,37+,38+,42+,43+,44+,45+/m1/s1. The number of amides is 13. The highest BCUT2D eigenvalue weighted by Crippen LogP contribution is 2.23. The van der Waals surface area contributed by atoms with E-state index >= 15 is 0 Å². The van der Waals surface area contributed by atoms with E-state index in [1.807, 2.05) is 10.6 Å².